The molecule has 1 aliphatic heterocycles. The van der Waals surface area contributed by atoms with Crippen molar-refractivity contribution < 1.29 is 0 Å². The van der Waals surface area contributed by atoms with E-state index in [1.165, 1.54) is 32.4 Å². The molecule has 1 heterocycles. The maximum absolute atomic E-state index is 3.51. The number of hydrogen-bond donors (Lipinski definition) is 1. The molecule has 2 rings (SSSR count). The van der Waals surface area contributed by atoms with E-state index in [1.807, 2.05) is 0 Å². The molecule has 0 aromatic rings. The normalized spacial score (nSPS) is 39.5. The van der Waals surface area contributed by atoms with Gasteiger partial charge in [0, 0.05) is 0 Å². The molecule has 1 saturated heterocycles. The SMILES string of the molecule is CC(C)(C)CC1C[C@H]2CNC[C@H]2C1. The van der Waals surface area contributed by atoms with Gasteiger partial charge in [-0.25, -0.2) is 0 Å². The van der Waals surface area contributed by atoms with Crippen LogP contribution in [0.1, 0.15) is 40.0 Å². The van der Waals surface area contributed by atoms with Crippen LogP contribution in [0.3, 0.4) is 0 Å². The highest BCUT2D eigenvalue weighted by Crippen LogP contribution is 2.43. The first-order valence-corrected chi connectivity index (χ1v) is 5.75. The van der Waals surface area contributed by atoms with Crippen LogP contribution in [-0.2, 0) is 0 Å². The molecular weight excluding hydrogens is 158 g/mol. The van der Waals surface area contributed by atoms with Gasteiger partial charge >= 0.3 is 0 Å². The van der Waals surface area contributed by atoms with Crippen LogP contribution in [0.15, 0.2) is 0 Å². The Morgan fingerprint density at radius 3 is 2.08 bits per heavy atom. The number of rotatable bonds is 1. The van der Waals surface area contributed by atoms with Gasteiger partial charge in [-0.3, -0.25) is 0 Å². The van der Waals surface area contributed by atoms with Crippen LogP contribution in [0.5, 0.6) is 0 Å². The minimum Gasteiger partial charge on any atom is -0.316 e. The van der Waals surface area contributed by atoms with Crippen molar-refractivity contribution >= 4 is 0 Å². The lowest BCUT2D eigenvalue weighted by Gasteiger charge is -2.23. The summed E-state index contributed by atoms with van der Waals surface area (Å²) < 4.78 is 0. The third-order valence-corrected chi connectivity index (χ3v) is 3.65. The molecule has 0 radical (unpaired) electrons. The van der Waals surface area contributed by atoms with Crippen molar-refractivity contribution in [3.8, 4) is 0 Å². The Bertz CT molecular complexity index is 168. The van der Waals surface area contributed by atoms with Crippen molar-refractivity contribution in [3.05, 3.63) is 0 Å². The van der Waals surface area contributed by atoms with Crippen LogP contribution in [-0.4, -0.2) is 13.1 Å². The van der Waals surface area contributed by atoms with E-state index in [1.54, 1.807) is 0 Å². The second-order valence-corrected chi connectivity index (χ2v) is 6.28. The monoisotopic (exact) mass is 181 g/mol. The van der Waals surface area contributed by atoms with Gasteiger partial charge in [-0.2, -0.15) is 0 Å². The number of hydrogen-bond acceptors (Lipinski definition) is 1. The summed E-state index contributed by atoms with van der Waals surface area (Å²) in [6.07, 6.45) is 4.42. The third kappa shape index (κ3) is 2.25. The summed E-state index contributed by atoms with van der Waals surface area (Å²) in [7, 11) is 0. The lowest BCUT2D eigenvalue weighted by Crippen LogP contribution is -2.15. The number of nitrogens with one attached hydrogen (secondary N) is 1. The van der Waals surface area contributed by atoms with E-state index in [-0.39, 0.29) is 0 Å². The van der Waals surface area contributed by atoms with Crippen molar-refractivity contribution in [2.75, 3.05) is 13.1 Å². The van der Waals surface area contributed by atoms with Gasteiger partial charge in [-0.15, -0.1) is 0 Å². The minimum atomic E-state index is 0.538. The van der Waals surface area contributed by atoms with E-state index in [4.69, 9.17) is 0 Å². The molecule has 1 unspecified atom stereocenters. The van der Waals surface area contributed by atoms with E-state index in [9.17, 15) is 0 Å². The summed E-state index contributed by atoms with van der Waals surface area (Å²) in [4.78, 5) is 0. The van der Waals surface area contributed by atoms with Crippen LogP contribution in [0.25, 0.3) is 0 Å². The van der Waals surface area contributed by atoms with Crippen LogP contribution >= 0.6 is 0 Å². The average molecular weight is 181 g/mol. The third-order valence-electron chi connectivity index (χ3n) is 3.65. The molecular formula is C12H23N. The van der Waals surface area contributed by atoms with E-state index in [0.29, 0.717) is 5.41 Å². The molecule has 0 amide bonds. The zero-order valence-corrected chi connectivity index (χ0v) is 9.27. The first-order chi connectivity index (χ1) is 6.04. The Hall–Kier alpha value is -0.0400. The molecule has 0 bridgehead atoms. The highest BCUT2D eigenvalue weighted by atomic mass is 14.9. The van der Waals surface area contributed by atoms with Gasteiger partial charge in [0.15, 0.2) is 0 Å². The second-order valence-electron chi connectivity index (χ2n) is 6.28. The second kappa shape index (κ2) is 3.27. The molecule has 13 heavy (non-hydrogen) atoms. The Morgan fingerprint density at radius 2 is 1.62 bits per heavy atom. The van der Waals surface area contributed by atoms with Gasteiger partial charge in [0.05, 0.1) is 0 Å². The zero-order valence-electron chi connectivity index (χ0n) is 9.27. The molecule has 2 aliphatic rings. The van der Waals surface area contributed by atoms with Crippen LogP contribution in [0.4, 0.5) is 0 Å². The van der Waals surface area contributed by atoms with Crippen LogP contribution < -0.4 is 5.32 Å². The van der Waals surface area contributed by atoms with Crippen LogP contribution in [0.2, 0.25) is 0 Å². The first-order valence-electron chi connectivity index (χ1n) is 5.75. The summed E-state index contributed by atoms with van der Waals surface area (Å²) >= 11 is 0. The molecule has 2 fully saturated rings. The molecule has 1 N–H and O–H groups in total. The van der Waals surface area contributed by atoms with Gasteiger partial charge in [0.2, 0.25) is 0 Å². The Kier molecular flexibility index (Phi) is 2.39. The first kappa shape index (κ1) is 9.51. The number of fused-ring (bicyclic) bond motifs is 1. The Morgan fingerprint density at radius 1 is 1.08 bits per heavy atom. The summed E-state index contributed by atoms with van der Waals surface area (Å²) in [5, 5.41) is 3.51. The van der Waals surface area contributed by atoms with Gasteiger partial charge in [-0.1, -0.05) is 20.8 Å². The van der Waals surface area contributed by atoms with Crippen molar-refractivity contribution in [1.82, 2.24) is 5.32 Å². The maximum atomic E-state index is 3.51. The predicted octanol–water partition coefficient (Wildman–Crippen LogP) is 2.67. The van der Waals surface area contributed by atoms with E-state index >= 15 is 0 Å². The predicted molar refractivity (Wildman–Crippen MR) is 56.6 cm³/mol. The fourth-order valence-corrected chi connectivity index (χ4v) is 3.32. The van der Waals surface area contributed by atoms with Crippen molar-refractivity contribution in [2.24, 2.45) is 23.2 Å². The highest BCUT2D eigenvalue weighted by molar-refractivity contribution is 4.91. The topological polar surface area (TPSA) is 12.0 Å². The van der Waals surface area contributed by atoms with Gasteiger partial charge in [0.25, 0.3) is 0 Å². The molecule has 0 aromatic carbocycles. The molecule has 76 valence electrons. The smallest absolute Gasteiger partial charge is 0.00172 e. The van der Waals surface area contributed by atoms with Crippen molar-refractivity contribution in [3.63, 3.8) is 0 Å². The summed E-state index contributed by atoms with van der Waals surface area (Å²) in [5.41, 5.74) is 0.538. The van der Waals surface area contributed by atoms with Gasteiger partial charge in [0.1, 0.15) is 0 Å². The quantitative estimate of drug-likeness (QED) is 0.656. The van der Waals surface area contributed by atoms with Gasteiger partial charge < -0.3 is 5.32 Å². The molecule has 1 heteroatoms. The van der Waals surface area contributed by atoms with Crippen molar-refractivity contribution in [2.45, 2.75) is 40.0 Å². The minimum absolute atomic E-state index is 0.538. The van der Waals surface area contributed by atoms with E-state index < -0.39 is 0 Å². The van der Waals surface area contributed by atoms with Crippen molar-refractivity contribution in [1.29, 1.82) is 0 Å². The Balaban J connectivity index is 1.85. The molecule has 1 nitrogen and oxygen atoms in total. The molecule has 1 aliphatic carbocycles. The maximum Gasteiger partial charge on any atom is -0.00172 e. The molecule has 0 aromatic heterocycles. The zero-order chi connectivity index (χ0) is 9.47. The summed E-state index contributed by atoms with van der Waals surface area (Å²) in [6.45, 7) is 9.72. The average Bonchev–Trinajstić information content (AvgIpc) is 2.40. The highest BCUT2D eigenvalue weighted by Gasteiger charge is 2.38. The van der Waals surface area contributed by atoms with E-state index in [0.717, 1.165) is 17.8 Å². The fourth-order valence-electron chi connectivity index (χ4n) is 3.32. The lowest BCUT2D eigenvalue weighted by molar-refractivity contribution is 0.287. The molecule has 1 saturated carbocycles. The lowest BCUT2D eigenvalue weighted by atomic mass is 9.83. The van der Waals surface area contributed by atoms with E-state index in [2.05, 4.69) is 26.1 Å². The largest absolute Gasteiger partial charge is 0.316 e. The molecule has 3 atom stereocenters. The van der Waals surface area contributed by atoms with Crippen LogP contribution in [0, 0.1) is 23.2 Å². The Labute approximate surface area is 82.3 Å². The standard InChI is InChI=1S/C12H23N/c1-12(2,3)6-9-4-10-7-13-8-11(10)5-9/h9-11,13H,4-8H2,1-3H3/t9?,10-,11+. The molecule has 0 spiro atoms. The fraction of sp³-hybridized carbons (Fsp3) is 1.00. The summed E-state index contributed by atoms with van der Waals surface area (Å²) in [6, 6.07) is 0. The summed E-state index contributed by atoms with van der Waals surface area (Å²) in [5.74, 6) is 3.07. The van der Waals surface area contributed by atoms with Gasteiger partial charge in [-0.05, 0) is 55.5 Å².